The van der Waals surface area contributed by atoms with Crippen molar-refractivity contribution < 1.29 is 28.2 Å². The summed E-state index contributed by atoms with van der Waals surface area (Å²) in [6, 6.07) is 9.33. The lowest BCUT2D eigenvalue weighted by Crippen LogP contribution is -2.39. The van der Waals surface area contributed by atoms with E-state index >= 15 is 0 Å². The maximum absolute atomic E-state index is 14.4. The number of ether oxygens (including phenoxy) is 2. The molecule has 1 aliphatic rings. The van der Waals surface area contributed by atoms with Gasteiger partial charge in [0.05, 0.1) is 30.1 Å². The number of carboxylic acid groups (broad SMARTS) is 1. The number of methoxy groups -OCH3 is 1. The van der Waals surface area contributed by atoms with E-state index in [0.29, 0.717) is 18.9 Å². The maximum atomic E-state index is 14.4. The fourth-order valence-corrected chi connectivity index (χ4v) is 4.20. The number of hydrogen-bond donors (Lipinski definition) is 2. The van der Waals surface area contributed by atoms with Crippen LogP contribution in [-0.2, 0) is 14.3 Å². The Balaban J connectivity index is 2.03. The molecule has 0 radical (unpaired) electrons. The topological polar surface area (TPSA) is 71.0 Å². The molecule has 0 spiro atoms. The molecule has 174 valence electrons. The first kappa shape index (κ1) is 23.9. The van der Waals surface area contributed by atoms with Crippen molar-refractivity contribution in [3.8, 4) is 0 Å². The summed E-state index contributed by atoms with van der Waals surface area (Å²) in [5.74, 6) is -2.63. The molecule has 1 saturated heterocycles. The standard InChI is InChI=1S/C24H30F2N2O4/c1-3-28(19-8-10-32-11-9-19)23-7-4-16(17(15-31-2)13-24(29)30)12-22(23)27-21-6-5-18(25)14-20(21)26/h4-7,12,14,17,19,27H,3,8-11,13,15H2,1-2H3,(H,29,30)/t17-/m1/s1. The fraction of sp³-hybridized carbons (Fsp3) is 0.458. The molecule has 0 bridgehead atoms. The monoisotopic (exact) mass is 448 g/mol. The lowest BCUT2D eigenvalue weighted by atomic mass is 9.94. The molecule has 1 atom stereocenters. The van der Waals surface area contributed by atoms with Crippen molar-refractivity contribution >= 4 is 23.0 Å². The molecular weight excluding hydrogens is 418 g/mol. The van der Waals surface area contributed by atoms with Crippen LogP contribution in [0.5, 0.6) is 0 Å². The summed E-state index contributed by atoms with van der Waals surface area (Å²) in [4.78, 5) is 13.6. The van der Waals surface area contributed by atoms with Gasteiger partial charge in [-0.2, -0.15) is 0 Å². The highest BCUT2D eigenvalue weighted by atomic mass is 19.1. The van der Waals surface area contributed by atoms with Gasteiger partial charge >= 0.3 is 5.97 Å². The Hall–Kier alpha value is -2.71. The number of carbonyl (C=O) groups is 1. The minimum absolute atomic E-state index is 0.0883. The van der Waals surface area contributed by atoms with Gasteiger partial charge in [-0.3, -0.25) is 4.79 Å². The van der Waals surface area contributed by atoms with E-state index in [1.807, 2.05) is 18.2 Å². The number of aliphatic carboxylic acids is 1. The molecule has 0 aliphatic carbocycles. The molecule has 2 N–H and O–H groups in total. The number of carboxylic acids is 1. The minimum atomic E-state index is -0.924. The molecule has 2 aromatic rings. The molecule has 1 fully saturated rings. The van der Waals surface area contributed by atoms with E-state index in [9.17, 15) is 18.7 Å². The molecule has 1 aliphatic heterocycles. The number of anilines is 3. The molecule has 32 heavy (non-hydrogen) atoms. The quantitative estimate of drug-likeness (QED) is 0.538. The van der Waals surface area contributed by atoms with Crippen molar-refractivity contribution in [1.29, 1.82) is 0 Å². The van der Waals surface area contributed by atoms with Crippen molar-refractivity contribution in [2.45, 2.75) is 38.1 Å². The highest BCUT2D eigenvalue weighted by Gasteiger charge is 2.24. The lowest BCUT2D eigenvalue weighted by Gasteiger charge is -2.37. The largest absolute Gasteiger partial charge is 0.481 e. The Bertz CT molecular complexity index is 919. The maximum Gasteiger partial charge on any atom is 0.304 e. The Morgan fingerprint density at radius 3 is 2.59 bits per heavy atom. The Morgan fingerprint density at radius 2 is 1.97 bits per heavy atom. The summed E-state index contributed by atoms with van der Waals surface area (Å²) < 4.78 is 38.6. The summed E-state index contributed by atoms with van der Waals surface area (Å²) in [5.41, 5.74) is 2.42. The zero-order valence-electron chi connectivity index (χ0n) is 18.4. The van der Waals surface area contributed by atoms with E-state index in [-0.39, 0.29) is 30.7 Å². The minimum Gasteiger partial charge on any atom is -0.481 e. The summed E-state index contributed by atoms with van der Waals surface area (Å²) in [5, 5.41) is 12.4. The van der Waals surface area contributed by atoms with E-state index in [4.69, 9.17) is 9.47 Å². The van der Waals surface area contributed by atoms with Crippen molar-refractivity contribution in [3.05, 3.63) is 53.6 Å². The smallest absolute Gasteiger partial charge is 0.304 e. The van der Waals surface area contributed by atoms with Gasteiger partial charge in [-0.05, 0) is 49.6 Å². The predicted octanol–water partition coefficient (Wildman–Crippen LogP) is 4.92. The average molecular weight is 449 g/mol. The number of rotatable bonds is 10. The van der Waals surface area contributed by atoms with Crippen LogP contribution in [0.1, 0.15) is 37.7 Å². The third kappa shape index (κ3) is 5.95. The predicted molar refractivity (Wildman–Crippen MR) is 120 cm³/mol. The van der Waals surface area contributed by atoms with Crippen LogP contribution in [0.2, 0.25) is 0 Å². The first-order valence-corrected chi connectivity index (χ1v) is 10.8. The van der Waals surface area contributed by atoms with E-state index < -0.39 is 17.6 Å². The first-order chi connectivity index (χ1) is 15.4. The normalized spacial score (nSPS) is 15.4. The molecule has 3 rings (SSSR count). The molecule has 0 saturated carbocycles. The second kappa shape index (κ2) is 11.2. The first-order valence-electron chi connectivity index (χ1n) is 10.8. The summed E-state index contributed by atoms with van der Waals surface area (Å²) >= 11 is 0. The third-order valence-corrected chi connectivity index (χ3v) is 5.76. The van der Waals surface area contributed by atoms with Crippen LogP contribution < -0.4 is 10.2 Å². The molecule has 0 amide bonds. The van der Waals surface area contributed by atoms with Crippen LogP contribution in [0.4, 0.5) is 25.8 Å². The second-order valence-corrected chi connectivity index (χ2v) is 7.91. The number of nitrogens with one attached hydrogen (secondary N) is 1. The van der Waals surface area contributed by atoms with Crippen molar-refractivity contribution in [2.75, 3.05) is 43.7 Å². The average Bonchev–Trinajstić information content (AvgIpc) is 2.77. The van der Waals surface area contributed by atoms with E-state index in [2.05, 4.69) is 17.1 Å². The van der Waals surface area contributed by atoms with Crippen LogP contribution in [-0.4, -0.2) is 50.6 Å². The van der Waals surface area contributed by atoms with E-state index in [0.717, 1.165) is 36.7 Å². The zero-order valence-corrected chi connectivity index (χ0v) is 18.4. The van der Waals surface area contributed by atoms with E-state index in [1.165, 1.54) is 19.2 Å². The van der Waals surface area contributed by atoms with Crippen LogP contribution in [0, 0.1) is 11.6 Å². The molecule has 8 heteroatoms. The van der Waals surface area contributed by atoms with Gasteiger partial charge in [0.2, 0.25) is 0 Å². The van der Waals surface area contributed by atoms with E-state index in [1.54, 1.807) is 0 Å². The van der Waals surface area contributed by atoms with Gasteiger partial charge in [0.25, 0.3) is 0 Å². The van der Waals surface area contributed by atoms with Crippen LogP contribution >= 0.6 is 0 Å². The number of benzene rings is 2. The summed E-state index contributed by atoms with van der Waals surface area (Å²) in [6.45, 7) is 4.41. The number of hydrogen-bond acceptors (Lipinski definition) is 5. The number of nitrogens with zero attached hydrogens (tertiary/aromatic N) is 1. The molecule has 0 unspecified atom stereocenters. The fourth-order valence-electron chi connectivity index (χ4n) is 4.20. The lowest BCUT2D eigenvalue weighted by molar-refractivity contribution is -0.137. The van der Waals surface area contributed by atoms with Gasteiger partial charge in [-0.1, -0.05) is 6.07 Å². The molecule has 6 nitrogen and oxygen atoms in total. The molecule has 1 heterocycles. The van der Waals surface area contributed by atoms with Gasteiger partial charge in [0.15, 0.2) is 0 Å². The Kier molecular flexibility index (Phi) is 8.41. The Morgan fingerprint density at radius 1 is 1.22 bits per heavy atom. The zero-order chi connectivity index (χ0) is 23.1. The van der Waals surface area contributed by atoms with Gasteiger partial charge in [0, 0.05) is 44.9 Å². The summed E-state index contributed by atoms with van der Waals surface area (Å²) in [6.07, 6.45) is 1.67. The SMILES string of the molecule is CCN(c1ccc([C@@H](COC)CC(=O)O)cc1Nc1ccc(F)cc1F)C1CCOCC1. The second-order valence-electron chi connectivity index (χ2n) is 7.91. The van der Waals surface area contributed by atoms with Crippen LogP contribution in [0.25, 0.3) is 0 Å². The number of halogens is 2. The van der Waals surface area contributed by atoms with Crippen LogP contribution in [0.15, 0.2) is 36.4 Å². The van der Waals surface area contributed by atoms with Crippen molar-refractivity contribution in [1.82, 2.24) is 0 Å². The Labute approximate surface area is 187 Å². The van der Waals surface area contributed by atoms with Gasteiger partial charge in [-0.25, -0.2) is 8.78 Å². The third-order valence-electron chi connectivity index (χ3n) is 5.76. The van der Waals surface area contributed by atoms with Crippen LogP contribution in [0.3, 0.4) is 0 Å². The highest BCUT2D eigenvalue weighted by molar-refractivity contribution is 5.77. The molecule has 2 aromatic carbocycles. The summed E-state index contributed by atoms with van der Waals surface area (Å²) in [7, 11) is 1.53. The van der Waals surface area contributed by atoms with Gasteiger partial charge in [0.1, 0.15) is 11.6 Å². The highest BCUT2D eigenvalue weighted by Crippen LogP contribution is 2.36. The molecule has 0 aromatic heterocycles. The van der Waals surface area contributed by atoms with Crippen molar-refractivity contribution in [3.63, 3.8) is 0 Å². The molecular formula is C24H30F2N2O4. The van der Waals surface area contributed by atoms with Crippen molar-refractivity contribution in [2.24, 2.45) is 0 Å². The van der Waals surface area contributed by atoms with Gasteiger partial charge in [-0.15, -0.1) is 0 Å². The van der Waals surface area contributed by atoms with Gasteiger partial charge < -0.3 is 24.8 Å².